The zero-order valence-electron chi connectivity index (χ0n) is 11.6. The van der Waals surface area contributed by atoms with Crippen LogP contribution in [0.1, 0.15) is 44.1 Å². The van der Waals surface area contributed by atoms with Gasteiger partial charge in [0.25, 0.3) is 0 Å². The van der Waals surface area contributed by atoms with Crippen LogP contribution in [0.25, 0.3) is 0 Å². The molecule has 0 heterocycles. The third-order valence-corrected chi connectivity index (χ3v) is 3.89. The summed E-state index contributed by atoms with van der Waals surface area (Å²) in [5.41, 5.74) is 1.49. The first kappa shape index (κ1) is 13.6. The molecule has 0 bridgehead atoms. The van der Waals surface area contributed by atoms with Crippen LogP contribution in [-0.4, -0.2) is 25.8 Å². The van der Waals surface area contributed by atoms with Gasteiger partial charge in [-0.25, -0.2) is 0 Å². The average Bonchev–Trinajstić information content (AvgIpc) is 2.34. The molecule has 1 aromatic rings. The first-order valence-corrected chi connectivity index (χ1v) is 7.13. The molecule has 100 valence electrons. The molecule has 0 saturated heterocycles. The Balaban J connectivity index is 1.75. The zero-order valence-corrected chi connectivity index (χ0v) is 11.6. The second-order valence-electron chi connectivity index (χ2n) is 5.38. The van der Waals surface area contributed by atoms with Crippen molar-refractivity contribution in [3.63, 3.8) is 0 Å². The van der Waals surface area contributed by atoms with Gasteiger partial charge in [-0.1, -0.05) is 43.7 Å². The number of hydrogen-bond donors (Lipinski definition) is 1. The SMILES string of the molecule is CCCC(COC)NC1CC(c2ccccc2)C1. The number of rotatable bonds is 7. The molecule has 1 saturated carbocycles. The third-order valence-electron chi connectivity index (χ3n) is 3.89. The van der Waals surface area contributed by atoms with Gasteiger partial charge in [0, 0.05) is 19.2 Å². The lowest BCUT2D eigenvalue weighted by Crippen LogP contribution is -2.47. The van der Waals surface area contributed by atoms with Gasteiger partial charge >= 0.3 is 0 Å². The van der Waals surface area contributed by atoms with Crippen LogP contribution < -0.4 is 5.32 Å². The molecule has 1 aliphatic carbocycles. The Morgan fingerprint density at radius 1 is 1.28 bits per heavy atom. The van der Waals surface area contributed by atoms with Crippen LogP contribution in [0.4, 0.5) is 0 Å². The first-order chi connectivity index (χ1) is 8.83. The molecular formula is C16H25NO. The minimum absolute atomic E-state index is 0.529. The van der Waals surface area contributed by atoms with Crippen LogP contribution in [0, 0.1) is 0 Å². The van der Waals surface area contributed by atoms with Crippen molar-refractivity contribution in [3.8, 4) is 0 Å². The molecule has 1 aromatic carbocycles. The van der Waals surface area contributed by atoms with E-state index in [1.807, 2.05) is 0 Å². The maximum atomic E-state index is 5.27. The van der Waals surface area contributed by atoms with Crippen LogP contribution in [0.5, 0.6) is 0 Å². The molecule has 1 aliphatic rings. The van der Waals surface area contributed by atoms with E-state index in [0.717, 1.165) is 12.5 Å². The summed E-state index contributed by atoms with van der Waals surface area (Å²) in [5.74, 6) is 0.758. The van der Waals surface area contributed by atoms with Gasteiger partial charge in [-0.15, -0.1) is 0 Å². The number of hydrogen-bond acceptors (Lipinski definition) is 2. The van der Waals surface area contributed by atoms with E-state index in [1.165, 1.54) is 31.2 Å². The van der Waals surface area contributed by atoms with Gasteiger partial charge in [0.05, 0.1) is 6.61 Å². The number of benzene rings is 1. The molecule has 2 rings (SSSR count). The summed E-state index contributed by atoms with van der Waals surface area (Å²) >= 11 is 0. The van der Waals surface area contributed by atoms with Gasteiger partial charge < -0.3 is 10.1 Å². The van der Waals surface area contributed by atoms with E-state index in [-0.39, 0.29) is 0 Å². The summed E-state index contributed by atoms with van der Waals surface area (Å²) < 4.78 is 5.27. The van der Waals surface area contributed by atoms with E-state index in [4.69, 9.17) is 4.74 Å². The van der Waals surface area contributed by atoms with Crippen molar-refractivity contribution < 1.29 is 4.74 Å². The monoisotopic (exact) mass is 247 g/mol. The normalized spacial score (nSPS) is 24.6. The van der Waals surface area contributed by atoms with Gasteiger partial charge in [0.1, 0.15) is 0 Å². The Morgan fingerprint density at radius 2 is 2.00 bits per heavy atom. The maximum Gasteiger partial charge on any atom is 0.0615 e. The second-order valence-corrected chi connectivity index (χ2v) is 5.38. The van der Waals surface area contributed by atoms with Gasteiger partial charge in [-0.3, -0.25) is 0 Å². The lowest BCUT2D eigenvalue weighted by atomic mass is 9.75. The Morgan fingerprint density at radius 3 is 2.61 bits per heavy atom. The fraction of sp³-hybridized carbons (Fsp3) is 0.625. The van der Waals surface area contributed by atoms with E-state index < -0.39 is 0 Å². The highest BCUT2D eigenvalue weighted by Gasteiger charge is 2.31. The molecule has 18 heavy (non-hydrogen) atoms. The third kappa shape index (κ3) is 3.56. The zero-order chi connectivity index (χ0) is 12.8. The van der Waals surface area contributed by atoms with Crippen molar-refractivity contribution in [2.24, 2.45) is 0 Å². The van der Waals surface area contributed by atoms with Gasteiger partial charge in [-0.2, -0.15) is 0 Å². The molecule has 2 nitrogen and oxygen atoms in total. The predicted molar refractivity (Wildman–Crippen MR) is 75.9 cm³/mol. The van der Waals surface area contributed by atoms with Crippen molar-refractivity contribution >= 4 is 0 Å². The van der Waals surface area contributed by atoms with Crippen molar-refractivity contribution in [2.45, 2.75) is 50.6 Å². The van der Waals surface area contributed by atoms with E-state index in [0.29, 0.717) is 12.1 Å². The number of ether oxygens (including phenoxy) is 1. The molecule has 1 N–H and O–H groups in total. The molecule has 0 radical (unpaired) electrons. The molecule has 2 heteroatoms. The van der Waals surface area contributed by atoms with Crippen LogP contribution in [0.2, 0.25) is 0 Å². The number of nitrogens with one attached hydrogen (secondary N) is 1. The second kappa shape index (κ2) is 6.91. The minimum atomic E-state index is 0.529. The van der Waals surface area contributed by atoms with Crippen molar-refractivity contribution in [3.05, 3.63) is 35.9 Å². The minimum Gasteiger partial charge on any atom is -0.383 e. The van der Waals surface area contributed by atoms with Crippen molar-refractivity contribution in [1.29, 1.82) is 0 Å². The topological polar surface area (TPSA) is 21.3 Å². The summed E-state index contributed by atoms with van der Waals surface area (Å²) in [5, 5.41) is 3.73. The molecule has 0 amide bonds. The highest BCUT2D eigenvalue weighted by atomic mass is 16.5. The van der Waals surface area contributed by atoms with Crippen LogP contribution in [0.3, 0.4) is 0 Å². The predicted octanol–water partition coefficient (Wildman–Crippen LogP) is 3.34. The Kier molecular flexibility index (Phi) is 5.21. The van der Waals surface area contributed by atoms with Crippen LogP contribution in [0.15, 0.2) is 30.3 Å². The van der Waals surface area contributed by atoms with E-state index in [1.54, 1.807) is 7.11 Å². The summed E-state index contributed by atoms with van der Waals surface area (Å²) in [6, 6.07) is 12.1. The Hall–Kier alpha value is -0.860. The van der Waals surface area contributed by atoms with Crippen molar-refractivity contribution in [2.75, 3.05) is 13.7 Å². The highest BCUT2D eigenvalue weighted by Crippen LogP contribution is 2.36. The lowest BCUT2D eigenvalue weighted by Gasteiger charge is -2.38. The van der Waals surface area contributed by atoms with Crippen LogP contribution >= 0.6 is 0 Å². The quantitative estimate of drug-likeness (QED) is 0.798. The molecule has 1 fully saturated rings. The summed E-state index contributed by atoms with van der Waals surface area (Å²) in [6.45, 7) is 3.07. The lowest BCUT2D eigenvalue weighted by molar-refractivity contribution is 0.141. The van der Waals surface area contributed by atoms with Crippen molar-refractivity contribution in [1.82, 2.24) is 5.32 Å². The largest absolute Gasteiger partial charge is 0.383 e. The van der Waals surface area contributed by atoms with E-state index in [9.17, 15) is 0 Å². The maximum absolute atomic E-state index is 5.27. The number of methoxy groups -OCH3 is 1. The summed E-state index contributed by atoms with van der Waals surface area (Å²) in [6.07, 6.45) is 4.97. The standard InChI is InChI=1S/C16H25NO/c1-3-7-15(12-18-2)17-16-10-14(11-16)13-8-5-4-6-9-13/h4-6,8-9,14-17H,3,7,10-12H2,1-2H3. The smallest absolute Gasteiger partial charge is 0.0615 e. The summed E-state index contributed by atoms with van der Waals surface area (Å²) in [4.78, 5) is 0. The average molecular weight is 247 g/mol. The highest BCUT2D eigenvalue weighted by molar-refractivity contribution is 5.22. The van der Waals surface area contributed by atoms with Gasteiger partial charge in [0.2, 0.25) is 0 Å². The fourth-order valence-electron chi connectivity index (χ4n) is 2.85. The van der Waals surface area contributed by atoms with Crippen LogP contribution in [-0.2, 0) is 4.74 Å². The molecule has 1 unspecified atom stereocenters. The van der Waals surface area contributed by atoms with Gasteiger partial charge in [-0.05, 0) is 30.7 Å². The van der Waals surface area contributed by atoms with E-state index >= 15 is 0 Å². The molecule has 0 aliphatic heterocycles. The molecule has 1 atom stereocenters. The van der Waals surface area contributed by atoms with E-state index in [2.05, 4.69) is 42.6 Å². The van der Waals surface area contributed by atoms with Gasteiger partial charge in [0.15, 0.2) is 0 Å². The molecular weight excluding hydrogens is 222 g/mol. The molecule has 0 spiro atoms. The Bertz CT molecular complexity index is 326. The molecule has 0 aromatic heterocycles. The fourth-order valence-corrected chi connectivity index (χ4v) is 2.85. The summed E-state index contributed by atoms with van der Waals surface area (Å²) in [7, 11) is 1.79. The first-order valence-electron chi connectivity index (χ1n) is 7.13. The Labute approximate surface area is 111 Å².